The molecule has 2 heterocycles. The number of para-hydroxylation sites is 1. The van der Waals surface area contributed by atoms with Gasteiger partial charge in [0.2, 0.25) is 5.91 Å². The van der Waals surface area contributed by atoms with Gasteiger partial charge in [0, 0.05) is 38.8 Å². The lowest BCUT2D eigenvalue weighted by Crippen LogP contribution is -2.35. The quantitative estimate of drug-likeness (QED) is 0.908. The molecule has 0 atom stereocenters. The number of benzene rings is 1. The van der Waals surface area contributed by atoms with Gasteiger partial charge in [-0.1, -0.05) is 12.1 Å². The zero-order valence-corrected chi connectivity index (χ0v) is 14.9. The molecule has 1 N–H and O–H groups in total. The van der Waals surface area contributed by atoms with Crippen molar-refractivity contribution in [2.24, 2.45) is 5.92 Å². The number of likely N-dealkylation sites (N-methyl/N-ethyl adjacent to an activating group) is 1. The van der Waals surface area contributed by atoms with Crippen molar-refractivity contribution >= 4 is 17.5 Å². The summed E-state index contributed by atoms with van der Waals surface area (Å²) in [7, 11) is 2.08. The third-order valence-corrected chi connectivity index (χ3v) is 5.01. The number of ether oxygens (including phenoxy) is 1. The first-order valence-corrected chi connectivity index (χ1v) is 9.10. The van der Waals surface area contributed by atoms with Gasteiger partial charge in [0.25, 0.3) is 5.91 Å². The van der Waals surface area contributed by atoms with Crippen molar-refractivity contribution in [1.82, 2.24) is 9.80 Å². The lowest BCUT2D eigenvalue weighted by atomic mass is 9.99. The van der Waals surface area contributed by atoms with Crippen LogP contribution in [0, 0.1) is 5.92 Å². The van der Waals surface area contributed by atoms with E-state index in [0.29, 0.717) is 24.5 Å². The first-order chi connectivity index (χ1) is 12.1. The van der Waals surface area contributed by atoms with Gasteiger partial charge in [0.05, 0.1) is 11.3 Å². The van der Waals surface area contributed by atoms with Gasteiger partial charge < -0.3 is 19.9 Å². The SMILES string of the molecule is CN1CCCN(C(=O)c2ccccc2NC(=O)C2CCOCC2)CC1. The third kappa shape index (κ3) is 4.58. The number of nitrogens with zero attached hydrogens (tertiary/aromatic N) is 2. The molecule has 0 spiro atoms. The van der Waals surface area contributed by atoms with E-state index in [9.17, 15) is 9.59 Å². The zero-order valence-electron chi connectivity index (χ0n) is 14.9. The largest absolute Gasteiger partial charge is 0.381 e. The average molecular weight is 345 g/mol. The molecule has 1 aromatic rings. The summed E-state index contributed by atoms with van der Waals surface area (Å²) in [6.45, 7) is 4.61. The second-order valence-electron chi connectivity index (χ2n) is 6.87. The molecule has 6 nitrogen and oxygen atoms in total. The van der Waals surface area contributed by atoms with E-state index in [-0.39, 0.29) is 17.7 Å². The lowest BCUT2D eigenvalue weighted by molar-refractivity contribution is -0.122. The molecule has 25 heavy (non-hydrogen) atoms. The fourth-order valence-corrected chi connectivity index (χ4v) is 3.39. The van der Waals surface area contributed by atoms with E-state index in [2.05, 4.69) is 17.3 Å². The van der Waals surface area contributed by atoms with E-state index in [0.717, 1.165) is 45.4 Å². The molecule has 0 unspecified atom stereocenters. The molecule has 0 bridgehead atoms. The van der Waals surface area contributed by atoms with E-state index in [1.807, 2.05) is 23.1 Å². The fraction of sp³-hybridized carbons (Fsp3) is 0.579. The average Bonchev–Trinajstić information content (AvgIpc) is 2.87. The lowest BCUT2D eigenvalue weighted by Gasteiger charge is -2.24. The normalized spacial score (nSPS) is 20.1. The molecule has 2 fully saturated rings. The van der Waals surface area contributed by atoms with Crippen molar-refractivity contribution in [2.45, 2.75) is 19.3 Å². The fourth-order valence-electron chi connectivity index (χ4n) is 3.39. The Morgan fingerprint density at radius 2 is 1.84 bits per heavy atom. The maximum absolute atomic E-state index is 13.0. The van der Waals surface area contributed by atoms with Gasteiger partial charge in [-0.15, -0.1) is 0 Å². The van der Waals surface area contributed by atoms with E-state index in [4.69, 9.17) is 4.74 Å². The molecule has 0 aliphatic carbocycles. The van der Waals surface area contributed by atoms with Crippen LogP contribution in [-0.2, 0) is 9.53 Å². The summed E-state index contributed by atoms with van der Waals surface area (Å²) in [6.07, 6.45) is 2.44. The Morgan fingerprint density at radius 1 is 1.08 bits per heavy atom. The van der Waals surface area contributed by atoms with E-state index >= 15 is 0 Å². The van der Waals surface area contributed by atoms with Crippen LogP contribution in [-0.4, -0.2) is 68.1 Å². The molecule has 2 saturated heterocycles. The first-order valence-electron chi connectivity index (χ1n) is 9.10. The minimum atomic E-state index is -0.0382. The number of hydrogen-bond donors (Lipinski definition) is 1. The van der Waals surface area contributed by atoms with E-state index < -0.39 is 0 Å². The maximum Gasteiger partial charge on any atom is 0.256 e. The van der Waals surface area contributed by atoms with Gasteiger partial charge in [-0.25, -0.2) is 0 Å². The Bertz CT molecular complexity index is 614. The van der Waals surface area contributed by atoms with Crippen LogP contribution in [0.2, 0.25) is 0 Å². The van der Waals surface area contributed by atoms with Gasteiger partial charge in [-0.3, -0.25) is 9.59 Å². The van der Waals surface area contributed by atoms with Gasteiger partial charge in [0.15, 0.2) is 0 Å². The van der Waals surface area contributed by atoms with Crippen LogP contribution in [0.15, 0.2) is 24.3 Å². The zero-order chi connectivity index (χ0) is 17.6. The Morgan fingerprint density at radius 3 is 2.64 bits per heavy atom. The van der Waals surface area contributed by atoms with Crippen LogP contribution in [0.3, 0.4) is 0 Å². The Kier molecular flexibility index (Phi) is 6.04. The minimum absolute atomic E-state index is 0.00169. The van der Waals surface area contributed by atoms with Crippen molar-refractivity contribution < 1.29 is 14.3 Å². The molecule has 0 aromatic heterocycles. The molecule has 0 saturated carbocycles. The van der Waals surface area contributed by atoms with Crippen LogP contribution in [0.1, 0.15) is 29.6 Å². The number of carbonyl (C=O) groups excluding carboxylic acids is 2. The highest BCUT2D eigenvalue weighted by molar-refractivity contribution is 6.04. The molecule has 2 aliphatic heterocycles. The molecule has 3 rings (SSSR count). The number of nitrogens with one attached hydrogen (secondary N) is 1. The highest BCUT2D eigenvalue weighted by Crippen LogP contribution is 2.22. The summed E-state index contributed by atoms with van der Waals surface area (Å²) in [6, 6.07) is 7.32. The maximum atomic E-state index is 13.0. The van der Waals surface area contributed by atoms with Crippen molar-refractivity contribution in [3.05, 3.63) is 29.8 Å². The van der Waals surface area contributed by atoms with E-state index in [1.165, 1.54) is 0 Å². The molecule has 2 aliphatic rings. The van der Waals surface area contributed by atoms with Crippen LogP contribution >= 0.6 is 0 Å². The number of rotatable bonds is 3. The number of amides is 2. The van der Waals surface area contributed by atoms with Crippen LogP contribution in [0.4, 0.5) is 5.69 Å². The number of hydrogen-bond acceptors (Lipinski definition) is 4. The number of carbonyl (C=O) groups is 2. The molecular weight excluding hydrogens is 318 g/mol. The summed E-state index contributed by atoms with van der Waals surface area (Å²) in [5.74, 6) is -0.0546. The van der Waals surface area contributed by atoms with Crippen molar-refractivity contribution in [1.29, 1.82) is 0 Å². The summed E-state index contributed by atoms with van der Waals surface area (Å²) in [5.41, 5.74) is 1.19. The van der Waals surface area contributed by atoms with Gasteiger partial charge in [0.1, 0.15) is 0 Å². The standard InChI is InChI=1S/C19H27N3O3/c1-21-9-4-10-22(12-11-21)19(24)16-5-2-3-6-17(16)20-18(23)15-7-13-25-14-8-15/h2-3,5-6,15H,4,7-14H2,1H3,(H,20,23). The molecule has 2 amide bonds. The van der Waals surface area contributed by atoms with Crippen molar-refractivity contribution in [3.8, 4) is 0 Å². The molecule has 6 heteroatoms. The molecule has 1 aromatic carbocycles. The van der Waals surface area contributed by atoms with Crippen LogP contribution in [0.5, 0.6) is 0 Å². The predicted octanol–water partition coefficient (Wildman–Crippen LogP) is 1.83. The van der Waals surface area contributed by atoms with Crippen molar-refractivity contribution in [2.75, 3.05) is 51.8 Å². The number of anilines is 1. The highest BCUT2D eigenvalue weighted by atomic mass is 16.5. The summed E-state index contributed by atoms with van der Waals surface area (Å²) in [4.78, 5) is 29.6. The van der Waals surface area contributed by atoms with Crippen LogP contribution < -0.4 is 5.32 Å². The minimum Gasteiger partial charge on any atom is -0.381 e. The summed E-state index contributed by atoms with van der Waals surface area (Å²) < 4.78 is 5.32. The Hall–Kier alpha value is -1.92. The third-order valence-electron chi connectivity index (χ3n) is 5.01. The second kappa shape index (κ2) is 8.45. The molecule has 136 valence electrons. The smallest absolute Gasteiger partial charge is 0.256 e. The van der Waals surface area contributed by atoms with Gasteiger partial charge in [-0.2, -0.15) is 0 Å². The topological polar surface area (TPSA) is 61.9 Å². The van der Waals surface area contributed by atoms with Crippen molar-refractivity contribution in [3.63, 3.8) is 0 Å². The Balaban J connectivity index is 1.71. The van der Waals surface area contributed by atoms with E-state index in [1.54, 1.807) is 6.07 Å². The second-order valence-corrected chi connectivity index (χ2v) is 6.87. The van der Waals surface area contributed by atoms with Gasteiger partial charge in [-0.05, 0) is 45.0 Å². The van der Waals surface area contributed by atoms with Crippen LogP contribution in [0.25, 0.3) is 0 Å². The summed E-state index contributed by atoms with van der Waals surface area (Å²) >= 11 is 0. The van der Waals surface area contributed by atoms with Gasteiger partial charge >= 0.3 is 0 Å². The summed E-state index contributed by atoms with van der Waals surface area (Å²) in [5, 5.41) is 2.97. The Labute approximate surface area is 149 Å². The first kappa shape index (κ1) is 17.9. The molecule has 0 radical (unpaired) electrons. The highest BCUT2D eigenvalue weighted by Gasteiger charge is 2.25. The predicted molar refractivity (Wildman–Crippen MR) is 96.6 cm³/mol. The monoisotopic (exact) mass is 345 g/mol. The molecular formula is C19H27N3O3.